The van der Waals surface area contributed by atoms with Crippen molar-refractivity contribution in [2.24, 2.45) is 0 Å². The summed E-state index contributed by atoms with van der Waals surface area (Å²) in [5.74, 6) is 0. The van der Waals surface area contributed by atoms with Gasteiger partial charge in [-0.15, -0.1) is 0 Å². The van der Waals surface area contributed by atoms with Gasteiger partial charge in [0.15, 0.2) is 0 Å². The first-order valence-electron chi connectivity index (χ1n) is 27.9. The second-order valence-electron chi connectivity index (χ2n) is 23.8. The largest absolute Gasteiger partial charge is 0.334 e. The summed E-state index contributed by atoms with van der Waals surface area (Å²) in [7, 11) is 0. The lowest BCUT2D eigenvalue weighted by atomic mass is 9.61. The molecular weight excluding hydrogens is 905 g/mol. The first-order chi connectivity index (χ1) is 36.7. The molecule has 0 N–H and O–H groups in total. The molecule has 0 bridgehead atoms. The Labute approximate surface area is 443 Å². The topological polar surface area (TPSA) is 6.48 Å². The van der Waals surface area contributed by atoms with Crippen LogP contribution in [0.4, 0.5) is 22.7 Å². The van der Waals surface area contributed by atoms with E-state index in [9.17, 15) is 0 Å². The van der Waals surface area contributed by atoms with E-state index in [0.29, 0.717) is 0 Å². The van der Waals surface area contributed by atoms with E-state index in [1.165, 1.54) is 162 Å². The summed E-state index contributed by atoms with van der Waals surface area (Å²) in [5.41, 5.74) is 20.7. The van der Waals surface area contributed by atoms with Gasteiger partial charge < -0.3 is 9.80 Å². The maximum atomic E-state index is 2.75. The zero-order chi connectivity index (χ0) is 50.3. The molecule has 366 valence electrons. The van der Waals surface area contributed by atoms with Gasteiger partial charge in [0.2, 0.25) is 0 Å². The second kappa shape index (κ2) is 16.2. The van der Waals surface area contributed by atoms with Gasteiger partial charge in [0, 0.05) is 44.4 Å². The lowest BCUT2D eigenvalue weighted by Gasteiger charge is -2.50. The molecule has 3 aliphatic carbocycles. The standard InChI is InChI=1S/C73H64N2/c1-69-41-15-17-43-71(69,3)74(65-31-19-23-49-21-11-13-29-57(49)65)67-39-35-53(47-63(67)69)51-33-37-59-60-38-34-52(46-62(60)73(61(59)45-51,55-25-7-5-8-26-55)56-27-9-6-10-28-56)54-36-40-68-64(48-54)70(2)42-16-18-44-72(70,4)75(68)66-32-20-24-50-22-12-14-30-58(50)66/h5-14,19-40,45-48H,15-18,41-44H2,1-4H3. The number of anilines is 4. The minimum Gasteiger partial charge on any atom is -0.334 e. The van der Waals surface area contributed by atoms with E-state index in [1.807, 2.05) is 0 Å². The molecule has 15 rings (SSSR count). The Morgan fingerprint density at radius 2 is 0.667 bits per heavy atom. The van der Waals surface area contributed by atoms with E-state index in [0.717, 1.165) is 0 Å². The van der Waals surface area contributed by atoms with E-state index in [1.54, 1.807) is 0 Å². The average molecular weight is 969 g/mol. The van der Waals surface area contributed by atoms with E-state index >= 15 is 0 Å². The first kappa shape index (κ1) is 44.8. The number of hydrogen-bond acceptors (Lipinski definition) is 2. The number of nitrogens with zero attached hydrogens (tertiary/aromatic N) is 2. The van der Waals surface area contributed by atoms with Crippen LogP contribution in [0.5, 0.6) is 0 Å². The summed E-state index contributed by atoms with van der Waals surface area (Å²) in [6.07, 6.45) is 9.70. The summed E-state index contributed by atoms with van der Waals surface area (Å²) in [6, 6.07) is 84.2. The molecule has 4 unspecified atom stereocenters. The fourth-order valence-corrected chi connectivity index (χ4v) is 16.2. The molecule has 75 heavy (non-hydrogen) atoms. The summed E-state index contributed by atoms with van der Waals surface area (Å²) >= 11 is 0. The molecule has 2 saturated carbocycles. The smallest absolute Gasteiger partial charge is 0.0713 e. The molecule has 10 aromatic carbocycles. The van der Waals surface area contributed by atoms with Crippen LogP contribution in [0.3, 0.4) is 0 Å². The van der Waals surface area contributed by atoms with Crippen LogP contribution in [0.2, 0.25) is 0 Å². The van der Waals surface area contributed by atoms with Crippen molar-refractivity contribution in [2.45, 2.75) is 106 Å². The third kappa shape index (κ3) is 5.97. The van der Waals surface area contributed by atoms with Crippen molar-refractivity contribution in [1.82, 2.24) is 0 Å². The minimum absolute atomic E-state index is 0.00641. The Morgan fingerprint density at radius 1 is 0.307 bits per heavy atom. The highest BCUT2D eigenvalue weighted by atomic mass is 15.3. The monoisotopic (exact) mass is 969 g/mol. The van der Waals surface area contributed by atoms with E-state index < -0.39 is 5.41 Å². The minimum atomic E-state index is -0.551. The molecule has 2 aliphatic heterocycles. The maximum absolute atomic E-state index is 2.75. The van der Waals surface area contributed by atoms with Gasteiger partial charge >= 0.3 is 0 Å². The molecule has 5 aliphatic rings. The zero-order valence-electron chi connectivity index (χ0n) is 43.8. The second-order valence-corrected chi connectivity index (χ2v) is 23.8. The molecule has 2 fully saturated rings. The summed E-state index contributed by atoms with van der Waals surface area (Å²) in [6.45, 7) is 10.3. The Morgan fingerprint density at radius 3 is 1.11 bits per heavy atom. The van der Waals surface area contributed by atoms with Gasteiger partial charge in [0.05, 0.1) is 16.5 Å². The van der Waals surface area contributed by atoms with Crippen molar-refractivity contribution in [2.75, 3.05) is 9.80 Å². The highest BCUT2D eigenvalue weighted by molar-refractivity contribution is 6.00. The van der Waals surface area contributed by atoms with E-state index in [2.05, 4.69) is 256 Å². The number of hydrogen-bond donors (Lipinski definition) is 0. The van der Waals surface area contributed by atoms with Crippen LogP contribution in [0, 0.1) is 0 Å². The lowest BCUT2D eigenvalue weighted by Crippen LogP contribution is -2.54. The van der Waals surface area contributed by atoms with Gasteiger partial charge in [-0.3, -0.25) is 0 Å². The molecule has 2 heteroatoms. The first-order valence-corrected chi connectivity index (χ1v) is 27.9. The average Bonchev–Trinajstić information content (AvgIpc) is 4.16. The summed E-state index contributed by atoms with van der Waals surface area (Å²) in [4.78, 5) is 5.49. The maximum Gasteiger partial charge on any atom is 0.0713 e. The highest BCUT2D eigenvalue weighted by Crippen LogP contribution is 2.65. The highest BCUT2D eigenvalue weighted by Gasteiger charge is 2.59. The molecule has 0 aromatic heterocycles. The molecule has 2 heterocycles. The molecule has 10 aromatic rings. The zero-order valence-corrected chi connectivity index (χ0v) is 43.8. The molecule has 4 atom stereocenters. The van der Waals surface area contributed by atoms with Gasteiger partial charge in [-0.05, 0) is 166 Å². The van der Waals surface area contributed by atoms with Gasteiger partial charge in [0.25, 0.3) is 0 Å². The quantitative estimate of drug-likeness (QED) is 0.164. The Hall–Kier alpha value is -7.68. The van der Waals surface area contributed by atoms with E-state index in [4.69, 9.17) is 0 Å². The van der Waals surface area contributed by atoms with Crippen molar-refractivity contribution in [1.29, 1.82) is 0 Å². The van der Waals surface area contributed by atoms with Crippen LogP contribution < -0.4 is 9.80 Å². The van der Waals surface area contributed by atoms with E-state index in [-0.39, 0.29) is 21.9 Å². The number of benzene rings is 10. The fourth-order valence-electron chi connectivity index (χ4n) is 16.2. The normalized spacial score (nSPS) is 23.8. The SMILES string of the molecule is CC12CCCCC1(C)N(c1cccc3ccccc13)c1ccc(-c3ccc4c(c3)C(c3ccccc3)(c3ccccc3)c3cc(-c5ccc6c(c5)C5(C)CCCCC5(C)N6c5cccc6ccccc56)ccc3-4)cc12. The van der Waals surface area contributed by atoms with Gasteiger partial charge in [0.1, 0.15) is 0 Å². The molecular formula is C73H64N2. The van der Waals surface area contributed by atoms with Crippen LogP contribution in [-0.4, -0.2) is 11.1 Å². The summed E-state index contributed by atoms with van der Waals surface area (Å²) < 4.78 is 0. The van der Waals surface area contributed by atoms with Crippen molar-refractivity contribution >= 4 is 44.3 Å². The molecule has 0 saturated heterocycles. The van der Waals surface area contributed by atoms with Crippen LogP contribution in [0.15, 0.2) is 218 Å². The Bertz CT molecular complexity index is 3680. The predicted octanol–water partition coefficient (Wildman–Crippen LogP) is 19.2. The van der Waals surface area contributed by atoms with Crippen molar-refractivity contribution in [3.05, 3.63) is 252 Å². The molecule has 0 spiro atoms. The van der Waals surface area contributed by atoms with Crippen LogP contribution in [0.25, 0.3) is 54.9 Å². The number of rotatable bonds is 6. The third-order valence-corrected chi connectivity index (χ3v) is 20.4. The Kier molecular flexibility index (Phi) is 9.65. The predicted molar refractivity (Wildman–Crippen MR) is 315 cm³/mol. The van der Waals surface area contributed by atoms with Gasteiger partial charge in [-0.2, -0.15) is 0 Å². The van der Waals surface area contributed by atoms with Gasteiger partial charge in [-0.1, -0.05) is 209 Å². The van der Waals surface area contributed by atoms with Crippen molar-refractivity contribution in [3.63, 3.8) is 0 Å². The molecule has 2 nitrogen and oxygen atoms in total. The van der Waals surface area contributed by atoms with Crippen LogP contribution in [0.1, 0.15) is 112 Å². The van der Waals surface area contributed by atoms with Gasteiger partial charge in [-0.25, -0.2) is 0 Å². The fraction of sp³-hybridized carbons (Fsp3) is 0.233. The summed E-state index contributed by atoms with van der Waals surface area (Å²) in [5, 5.41) is 5.24. The third-order valence-electron chi connectivity index (χ3n) is 20.4. The number of fused-ring (bicyclic) bond motifs is 11. The van der Waals surface area contributed by atoms with Crippen molar-refractivity contribution in [3.8, 4) is 33.4 Å². The van der Waals surface area contributed by atoms with Crippen LogP contribution in [-0.2, 0) is 16.2 Å². The lowest BCUT2D eigenvalue weighted by molar-refractivity contribution is 0.195. The molecule has 0 amide bonds. The van der Waals surface area contributed by atoms with Crippen LogP contribution >= 0.6 is 0 Å². The Balaban J connectivity index is 0.896. The van der Waals surface area contributed by atoms with Crippen molar-refractivity contribution < 1.29 is 0 Å². The molecule has 0 radical (unpaired) electrons.